The Morgan fingerprint density at radius 1 is 1.59 bits per heavy atom. The molecule has 9 nitrogen and oxygen atoms in total. The van der Waals surface area contributed by atoms with Crippen LogP contribution in [0.3, 0.4) is 0 Å². The highest BCUT2D eigenvalue weighted by Crippen LogP contribution is 2.27. The van der Waals surface area contributed by atoms with E-state index in [9.17, 15) is 20.0 Å². The first-order valence-corrected chi connectivity index (χ1v) is 6.32. The van der Waals surface area contributed by atoms with Crippen LogP contribution >= 0.6 is 11.6 Å². The van der Waals surface area contributed by atoms with Crippen molar-refractivity contribution in [2.24, 2.45) is 0 Å². The van der Waals surface area contributed by atoms with Crippen LogP contribution in [-0.2, 0) is 11.3 Å². The molecule has 0 saturated carbocycles. The predicted molar refractivity (Wildman–Crippen MR) is 77.2 cm³/mol. The molecule has 22 heavy (non-hydrogen) atoms. The summed E-state index contributed by atoms with van der Waals surface area (Å²) in [6, 6.07) is 4.18. The van der Waals surface area contributed by atoms with Gasteiger partial charge in [0.25, 0.3) is 0 Å². The second-order valence-electron chi connectivity index (χ2n) is 4.19. The number of nitrogens with zero attached hydrogens (tertiary/aromatic N) is 3. The number of amides is 1. The van der Waals surface area contributed by atoms with Gasteiger partial charge >= 0.3 is 11.6 Å². The van der Waals surface area contributed by atoms with Gasteiger partial charge in [-0.2, -0.15) is 0 Å². The van der Waals surface area contributed by atoms with Gasteiger partial charge in [-0.3, -0.25) is 19.6 Å². The Bertz CT molecular complexity index is 730. The highest BCUT2D eigenvalue weighted by molar-refractivity contribution is 6.31. The molecule has 1 aromatic carbocycles. The number of phenols is 1. The van der Waals surface area contributed by atoms with Gasteiger partial charge in [0.1, 0.15) is 18.5 Å². The molecule has 10 heteroatoms. The monoisotopic (exact) mass is 326 g/mol. The van der Waals surface area contributed by atoms with Gasteiger partial charge in [0.15, 0.2) is 0 Å². The number of halogens is 1. The lowest BCUT2D eigenvalue weighted by molar-refractivity contribution is -0.385. The number of rotatable bonds is 5. The molecule has 0 saturated heterocycles. The molecule has 2 N–H and O–H groups in total. The average molecular weight is 327 g/mol. The molecule has 0 bridgehead atoms. The number of ether oxygens (including phenoxy) is 1. The van der Waals surface area contributed by atoms with E-state index in [4.69, 9.17) is 16.3 Å². The summed E-state index contributed by atoms with van der Waals surface area (Å²) in [6.45, 7) is -0.295. The number of phenolic OH excluding ortho intramolecular Hbond substituents is 1. The van der Waals surface area contributed by atoms with Gasteiger partial charge in [-0.25, -0.2) is 0 Å². The summed E-state index contributed by atoms with van der Waals surface area (Å²) in [7, 11) is 1.24. The summed E-state index contributed by atoms with van der Waals surface area (Å²) < 4.78 is 5.82. The number of aromatic nitrogens is 2. The number of benzene rings is 1. The van der Waals surface area contributed by atoms with Gasteiger partial charge in [-0.1, -0.05) is 11.6 Å². The molecule has 0 aliphatic carbocycles. The number of aromatic hydroxyl groups is 1. The minimum absolute atomic E-state index is 0.131. The van der Waals surface area contributed by atoms with Crippen molar-refractivity contribution in [3.05, 3.63) is 39.5 Å². The molecular formula is C12H11ClN4O5. The van der Waals surface area contributed by atoms with Gasteiger partial charge in [-0.15, -0.1) is 5.10 Å². The third-order valence-corrected chi connectivity index (χ3v) is 2.87. The van der Waals surface area contributed by atoms with Crippen LogP contribution in [-0.4, -0.2) is 32.8 Å². The molecule has 0 radical (unpaired) electrons. The molecule has 2 aromatic rings. The van der Waals surface area contributed by atoms with E-state index in [1.807, 2.05) is 0 Å². The zero-order valence-corrected chi connectivity index (χ0v) is 12.1. The van der Waals surface area contributed by atoms with Gasteiger partial charge < -0.3 is 15.2 Å². The van der Waals surface area contributed by atoms with Crippen LogP contribution in [0.1, 0.15) is 0 Å². The molecule has 0 aliphatic heterocycles. The molecule has 1 amide bonds. The van der Waals surface area contributed by atoms with E-state index in [-0.39, 0.29) is 29.5 Å². The first kappa shape index (κ1) is 15.6. The van der Waals surface area contributed by atoms with E-state index in [1.165, 1.54) is 25.3 Å². The fourth-order valence-corrected chi connectivity index (χ4v) is 1.86. The number of methoxy groups -OCH3 is 1. The highest BCUT2D eigenvalue weighted by atomic mass is 35.5. The Morgan fingerprint density at radius 3 is 2.91 bits per heavy atom. The number of nitrogens with one attached hydrogen (secondary N) is 1. The van der Waals surface area contributed by atoms with Crippen molar-refractivity contribution in [3.63, 3.8) is 0 Å². The number of anilines is 1. The first-order chi connectivity index (χ1) is 10.4. The van der Waals surface area contributed by atoms with Crippen LogP contribution < -0.4 is 10.1 Å². The van der Waals surface area contributed by atoms with E-state index in [0.717, 1.165) is 10.9 Å². The summed E-state index contributed by atoms with van der Waals surface area (Å²) in [5.41, 5.74) is -0.216. The molecule has 1 heterocycles. The van der Waals surface area contributed by atoms with Crippen LogP contribution in [0.15, 0.2) is 24.4 Å². The van der Waals surface area contributed by atoms with Gasteiger partial charge in [0.2, 0.25) is 5.91 Å². The topological polar surface area (TPSA) is 120 Å². The van der Waals surface area contributed by atoms with E-state index in [0.29, 0.717) is 5.02 Å². The maximum atomic E-state index is 11.9. The largest absolute Gasteiger partial charge is 0.506 e. The number of nitro groups is 1. The summed E-state index contributed by atoms with van der Waals surface area (Å²) in [4.78, 5) is 22.0. The van der Waals surface area contributed by atoms with Crippen molar-refractivity contribution >= 4 is 28.9 Å². The van der Waals surface area contributed by atoms with Crippen LogP contribution in [0, 0.1) is 10.1 Å². The quantitative estimate of drug-likeness (QED) is 0.491. The number of hydrogen-bond acceptors (Lipinski definition) is 6. The summed E-state index contributed by atoms with van der Waals surface area (Å²) >= 11 is 5.77. The van der Waals surface area contributed by atoms with E-state index < -0.39 is 10.8 Å². The molecule has 0 atom stereocenters. The standard InChI is InChI=1S/C12H11ClN4O5/c1-22-12-9(17(20)21)5-16(15-12)6-11(19)14-8-4-7(13)2-3-10(8)18/h2-5,18H,6H2,1H3,(H,14,19). The zero-order valence-electron chi connectivity index (χ0n) is 11.3. The van der Waals surface area contributed by atoms with Crippen LogP contribution in [0.4, 0.5) is 11.4 Å². The predicted octanol–water partition coefficient (Wildman–Crippen LogP) is 1.80. The summed E-state index contributed by atoms with van der Waals surface area (Å²) in [5.74, 6) is -0.886. The molecule has 0 spiro atoms. The lowest BCUT2D eigenvalue weighted by Gasteiger charge is -2.07. The first-order valence-electron chi connectivity index (χ1n) is 5.95. The third kappa shape index (κ3) is 3.44. The number of carbonyl (C=O) groups excluding carboxylic acids is 1. The molecule has 0 aliphatic rings. The van der Waals surface area contributed by atoms with Crippen molar-refractivity contribution in [2.75, 3.05) is 12.4 Å². The van der Waals surface area contributed by atoms with Gasteiger partial charge in [0.05, 0.1) is 17.7 Å². The van der Waals surface area contributed by atoms with Crippen molar-refractivity contribution < 1.29 is 19.6 Å². The molecule has 1 aromatic heterocycles. The van der Waals surface area contributed by atoms with Crippen LogP contribution in [0.25, 0.3) is 0 Å². The van der Waals surface area contributed by atoms with Crippen molar-refractivity contribution in [3.8, 4) is 11.6 Å². The molecule has 116 valence electrons. The van der Waals surface area contributed by atoms with Crippen LogP contribution in [0.2, 0.25) is 5.02 Å². The van der Waals surface area contributed by atoms with Crippen molar-refractivity contribution in [2.45, 2.75) is 6.54 Å². The number of carbonyl (C=O) groups is 1. The van der Waals surface area contributed by atoms with Crippen molar-refractivity contribution in [1.29, 1.82) is 0 Å². The van der Waals surface area contributed by atoms with E-state index in [2.05, 4.69) is 10.4 Å². The Labute approximate surface area is 129 Å². The highest BCUT2D eigenvalue weighted by Gasteiger charge is 2.21. The zero-order chi connectivity index (χ0) is 16.3. The second-order valence-corrected chi connectivity index (χ2v) is 4.62. The summed E-state index contributed by atoms with van der Waals surface area (Å²) in [5, 5.41) is 26.9. The molecular weight excluding hydrogens is 316 g/mol. The maximum Gasteiger partial charge on any atom is 0.350 e. The average Bonchev–Trinajstić information content (AvgIpc) is 2.86. The lowest BCUT2D eigenvalue weighted by atomic mass is 10.3. The molecule has 2 rings (SSSR count). The maximum absolute atomic E-state index is 11.9. The lowest BCUT2D eigenvalue weighted by Crippen LogP contribution is -2.19. The van der Waals surface area contributed by atoms with Gasteiger partial charge in [-0.05, 0) is 18.2 Å². The Morgan fingerprint density at radius 2 is 2.32 bits per heavy atom. The molecule has 0 fully saturated rings. The summed E-state index contributed by atoms with van der Waals surface area (Å²) in [6.07, 6.45) is 1.08. The van der Waals surface area contributed by atoms with E-state index >= 15 is 0 Å². The Kier molecular flexibility index (Phi) is 4.47. The Balaban J connectivity index is 2.12. The SMILES string of the molecule is COc1nn(CC(=O)Nc2cc(Cl)ccc2O)cc1[N+](=O)[O-]. The minimum Gasteiger partial charge on any atom is -0.506 e. The minimum atomic E-state index is -0.664. The van der Waals surface area contributed by atoms with Crippen LogP contribution in [0.5, 0.6) is 11.6 Å². The molecule has 0 unspecified atom stereocenters. The fourth-order valence-electron chi connectivity index (χ4n) is 1.69. The normalized spacial score (nSPS) is 10.3. The second kappa shape index (κ2) is 6.31. The smallest absolute Gasteiger partial charge is 0.350 e. The van der Waals surface area contributed by atoms with Crippen molar-refractivity contribution in [1.82, 2.24) is 9.78 Å². The Hall–Kier alpha value is -2.81. The third-order valence-electron chi connectivity index (χ3n) is 2.64. The number of hydrogen-bond donors (Lipinski definition) is 2. The van der Waals surface area contributed by atoms with E-state index in [1.54, 1.807) is 0 Å². The fraction of sp³-hybridized carbons (Fsp3) is 0.167. The van der Waals surface area contributed by atoms with Gasteiger partial charge in [0, 0.05) is 5.02 Å².